The van der Waals surface area contributed by atoms with Gasteiger partial charge in [-0.05, 0) is 42.8 Å². The molecule has 0 radical (unpaired) electrons. The second kappa shape index (κ2) is 6.83. The summed E-state index contributed by atoms with van der Waals surface area (Å²) in [7, 11) is 3.05. The van der Waals surface area contributed by atoms with Crippen molar-refractivity contribution in [2.24, 2.45) is 11.1 Å². The fraction of sp³-hybridized carbons (Fsp3) is 0.250. The standard InChI is InChI=1S/C20H17ClN2O5/c1-10-12(21)5-4-6-13(10)23-19(24)16-17(22-28-18(16)20(23)25)11-7-8-14(26-2)15(9-11)27-3/h4-9,16,18H,1-3H3/t16-,18+/m0/s1. The minimum atomic E-state index is -0.992. The van der Waals surface area contributed by atoms with Crippen molar-refractivity contribution in [1.29, 1.82) is 0 Å². The fourth-order valence-corrected chi connectivity index (χ4v) is 3.66. The van der Waals surface area contributed by atoms with E-state index in [2.05, 4.69) is 5.16 Å². The lowest BCUT2D eigenvalue weighted by Gasteiger charge is -2.18. The van der Waals surface area contributed by atoms with E-state index in [9.17, 15) is 9.59 Å². The van der Waals surface area contributed by atoms with Crippen LogP contribution in [0.2, 0.25) is 5.02 Å². The fourth-order valence-electron chi connectivity index (χ4n) is 3.49. The molecule has 0 saturated carbocycles. The molecular formula is C20H17ClN2O5. The largest absolute Gasteiger partial charge is 0.493 e. The van der Waals surface area contributed by atoms with Gasteiger partial charge in [0.15, 0.2) is 11.5 Å². The third-order valence-corrected chi connectivity index (χ3v) is 5.38. The maximum Gasteiger partial charge on any atom is 0.278 e. The molecule has 4 rings (SSSR count). The molecule has 0 bridgehead atoms. The minimum absolute atomic E-state index is 0.381. The van der Waals surface area contributed by atoms with Gasteiger partial charge >= 0.3 is 0 Å². The highest BCUT2D eigenvalue weighted by molar-refractivity contribution is 6.34. The Bertz CT molecular complexity index is 1020. The summed E-state index contributed by atoms with van der Waals surface area (Å²) in [4.78, 5) is 32.5. The van der Waals surface area contributed by atoms with Gasteiger partial charge in [-0.1, -0.05) is 22.8 Å². The number of carbonyl (C=O) groups excluding carboxylic acids is 2. The highest BCUT2D eigenvalue weighted by atomic mass is 35.5. The molecule has 144 valence electrons. The molecule has 2 amide bonds. The molecule has 1 saturated heterocycles. The van der Waals surface area contributed by atoms with Crippen molar-refractivity contribution < 1.29 is 23.9 Å². The smallest absolute Gasteiger partial charge is 0.278 e. The molecule has 1 fully saturated rings. The zero-order chi connectivity index (χ0) is 20.0. The van der Waals surface area contributed by atoms with E-state index >= 15 is 0 Å². The minimum Gasteiger partial charge on any atom is -0.493 e. The number of amides is 2. The number of oxime groups is 1. The zero-order valence-electron chi connectivity index (χ0n) is 15.4. The number of benzene rings is 2. The first kappa shape index (κ1) is 18.3. The second-order valence-corrected chi connectivity index (χ2v) is 6.85. The summed E-state index contributed by atoms with van der Waals surface area (Å²) in [6, 6.07) is 10.3. The second-order valence-electron chi connectivity index (χ2n) is 6.45. The van der Waals surface area contributed by atoms with Crippen LogP contribution in [0.3, 0.4) is 0 Å². The summed E-state index contributed by atoms with van der Waals surface area (Å²) in [5, 5.41) is 4.49. The highest BCUT2D eigenvalue weighted by Gasteiger charge is 2.56. The monoisotopic (exact) mass is 400 g/mol. The predicted octanol–water partition coefficient (Wildman–Crippen LogP) is 2.96. The topological polar surface area (TPSA) is 77.4 Å². The Labute approximate surface area is 166 Å². The molecule has 2 aliphatic heterocycles. The van der Waals surface area contributed by atoms with E-state index in [0.29, 0.717) is 39.0 Å². The summed E-state index contributed by atoms with van der Waals surface area (Å²) in [5.41, 5.74) is 2.10. The van der Waals surface area contributed by atoms with E-state index in [0.717, 1.165) is 4.90 Å². The van der Waals surface area contributed by atoms with Gasteiger partial charge in [0, 0.05) is 10.6 Å². The van der Waals surface area contributed by atoms with Crippen molar-refractivity contribution in [3.63, 3.8) is 0 Å². The van der Waals surface area contributed by atoms with Crippen LogP contribution in [0.5, 0.6) is 11.5 Å². The van der Waals surface area contributed by atoms with Crippen molar-refractivity contribution in [2.75, 3.05) is 19.1 Å². The molecule has 0 unspecified atom stereocenters. The number of imide groups is 1. The molecule has 2 aliphatic rings. The Morgan fingerprint density at radius 2 is 1.82 bits per heavy atom. The van der Waals surface area contributed by atoms with E-state index in [1.807, 2.05) is 0 Å². The van der Waals surface area contributed by atoms with E-state index in [4.69, 9.17) is 25.9 Å². The summed E-state index contributed by atoms with van der Waals surface area (Å²) >= 11 is 6.16. The molecule has 28 heavy (non-hydrogen) atoms. The molecular weight excluding hydrogens is 384 g/mol. The van der Waals surface area contributed by atoms with Gasteiger partial charge in [0.1, 0.15) is 11.6 Å². The Morgan fingerprint density at radius 1 is 1.07 bits per heavy atom. The van der Waals surface area contributed by atoms with Crippen molar-refractivity contribution in [1.82, 2.24) is 0 Å². The number of fused-ring (bicyclic) bond motifs is 1. The quantitative estimate of drug-likeness (QED) is 0.737. The van der Waals surface area contributed by atoms with E-state index in [-0.39, 0.29) is 0 Å². The van der Waals surface area contributed by atoms with Crippen molar-refractivity contribution >= 4 is 34.8 Å². The number of ether oxygens (including phenoxy) is 2. The normalized spacial score (nSPS) is 20.7. The van der Waals surface area contributed by atoms with Crippen LogP contribution < -0.4 is 14.4 Å². The number of anilines is 1. The number of carbonyl (C=O) groups is 2. The van der Waals surface area contributed by atoms with Gasteiger partial charge < -0.3 is 14.3 Å². The van der Waals surface area contributed by atoms with Gasteiger partial charge in [-0.2, -0.15) is 0 Å². The molecule has 0 aliphatic carbocycles. The number of methoxy groups -OCH3 is 2. The van der Waals surface area contributed by atoms with Crippen LogP contribution in [0, 0.1) is 12.8 Å². The molecule has 2 atom stereocenters. The zero-order valence-corrected chi connectivity index (χ0v) is 16.2. The molecule has 0 spiro atoms. The summed E-state index contributed by atoms with van der Waals surface area (Å²) in [6.45, 7) is 1.76. The number of hydrogen-bond donors (Lipinski definition) is 0. The highest BCUT2D eigenvalue weighted by Crippen LogP contribution is 2.38. The Kier molecular flexibility index (Phi) is 4.47. The van der Waals surface area contributed by atoms with Crippen LogP contribution in [0.4, 0.5) is 5.69 Å². The first-order valence-electron chi connectivity index (χ1n) is 8.57. The summed E-state index contributed by atoms with van der Waals surface area (Å²) in [6.07, 6.45) is -0.992. The lowest BCUT2D eigenvalue weighted by molar-refractivity contribution is -0.126. The van der Waals surface area contributed by atoms with Gasteiger partial charge in [-0.15, -0.1) is 0 Å². The van der Waals surface area contributed by atoms with Crippen LogP contribution in [0.25, 0.3) is 0 Å². The van der Waals surface area contributed by atoms with Crippen LogP contribution in [0.15, 0.2) is 41.6 Å². The number of hydrogen-bond acceptors (Lipinski definition) is 6. The third-order valence-electron chi connectivity index (χ3n) is 4.97. The Hall–Kier alpha value is -3.06. The summed E-state index contributed by atoms with van der Waals surface area (Å²) in [5.74, 6) is -0.646. The van der Waals surface area contributed by atoms with E-state index < -0.39 is 23.8 Å². The predicted molar refractivity (Wildman–Crippen MR) is 103 cm³/mol. The van der Waals surface area contributed by atoms with Gasteiger partial charge in [0.25, 0.3) is 5.91 Å². The Balaban J connectivity index is 1.72. The number of nitrogens with zero attached hydrogens (tertiary/aromatic N) is 2. The molecule has 8 heteroatoms. The molecule has 7 nitrogen and oxygen atoms in total. The SMILES string of the molecule is COc1ccc(C2=NO[C@H]3C(=O)N(c4cccc(Cl)c4C)C(=O)[C@@H]23)cc1OC. The lowest BCUT2D eigenvalue weighted by Crippen LogP contribution is -2.33. The van der Waals surface area contributed by atoms with Crippen molar-refractivity contribution in [3.05, 3.63) is 52.5 Å². The van der Waals surface area contributed by atoms with Gasteiger partial charge in [0.2, 0.25) is 12.0 Å². The molecule has 2 aromatic rings. The maximum absolute atomic E-state index is 13.2. The van der Waals surface area contributed by atoms with E-state index in [1.54, 1.807) is 43.3 Å². The lowest BCUT2D eigenvalue weighted by atomic mass is 9.94. The summed E-state index contributed by atoms with van der Waals surface area (Å²) < 4.78 is 10.6. The molecule has 0 aromatic heterocycles. The molecule has 2 aromatic carbocycles. The Morgan fingerprint density at radius 3 is 2.54 bits per heavy atom. The van der Waals surface area contributed by atoms with Crippen LogP contribution in [-0.2, 0) is 14.4 Å². The maximum atomic E-state index is 13.2. The van der Waals surface area contributed by atoms with Crippen LogP contribution in [-0.4, -0.2) is 37.8 Å². The third kappa shape index (κ3) is 2.62. The van der Waals surface area contributed by atoms with E-state index in [1.165, 1.54) is 14.2 Å². The van der Waals surface area contributed by atoms with Gasteiger partial charge in [-0.25, -0.2) is 4.90 Å². The van der Waals surface area contributed by atoms with Crippen LogP contribution >= 0.6 is 11.6 Å². The molecule has 2 heterocycles. The van der Waals surface area contributed by atoms with Gasteiger partial charge in [0.05, 0.1) is 19.9 Å². The van der Waals surface area contributed by atoms with Crippen molar-refractivity contribution in [2.45, 2.75) is 13.0 Å². The first-order chi connectivity index (χ1) is 13.5. The van der Waals surface area contributed by atoms with Crippen molar-refractivity contribution in [3.8, 4) is 11.5 Å². The average Bonchev–Trinajstić information content (AvgIpc) is 3.24. The van der Waals surface area contributed by atoms with Gasteiger partial charge in [-0.3, -0.25) is 9.59 Å². The average molecular weight is 401 g/mol. The number of halogens is 1. The molecule has 0 N–H and O–H groups in total. The van der Waals surface area contributed by atoms with Crippen LogP contribution in [0.1, 0.15) is 11.1 Å². The first-order valence-corrected chi connectivity index (χ1v) is 8.94. The number of rotatable bonds is 4.